The topological polar surface area (TPSA) is 84.1 Å². The third kappa shape index (κ3) is 5.53. The van der Waals surface area contributed by atoms with E-state index in [-0.39, 0.29) is 18.4 Å². The van der Waals surface area contributed by atoms with Gasteiger partial charge in [-0.3, -0.25) is 4.79 Å². The number of nitrogens with one attached hydrogen (secondary N) is 1. The summed E-state index contributed by atoms with van der Waals surface area (Å²) in [7, 11) is 0. The Kier molecular flexibility index (Phi) is 7.50. The lowest BCUT2D eigenvalue weighted by molar-refractivity contribution is -0.143. The Morgan fingerprint density at radius 1 is 1.17 bits per heavy atom. The van der Waals surface area contributed by atoms with Gasteiger partial charge in [0.05, 0.1) is 42.6 Å². The molecule has 0 fully saturated rings. The SMILES string of the molecule is CC1=C(C(=O)OC(C)C)C(c2ccc(C(C)C)cc2)N2C(CC(=O)NCc3ccco3)=CSC2=N1. The molecule has 2 aliphatic heterocycles. The second-order valence-corrected chi connectivity index (χ2v) is 10.0. The van der Waals surface area contributed by atoms with E-state index in [4.69, 9.17) is 14.1 Å². The van der Waals surface area contributed by atoms with Gasteiger partial charge in [-0.2, -0.15) is 0 Å². The first-order chi connectivity index (χ1) is 16.7. The van der Waals surface area contributed by atoms with Gasteiger partial charge in [-0.15, -0.1) is 0 Å². The van der Waals surface area contributed by atoms with Gasteiger partial charge in [0.15, 0.2) is 5.17 Å². The third-order valence-electron chi connectivity index (χ3n) is 5.86. The maximum Gasteiger partial charge on any atom is 0.338 e. The van der Waals surface area contributed by atoms with Crippen LogP contribution in [0.3, 0.4) is 0 Å². The highest BCUT2D eigenvalue weighted by molar-refractivity contribution is 8.16. The van der Waals surface area contributed by atoms with Crippen molar-refractivity contribution in [2.75, 3.05) is 0 Å². The number of fused-ring (bicyclic) bond motifs is 1. The molecule has 1 atom stereocenters. The van der Waals surface area contributed by atoms with Crippen molar-refractivity contribution in [1.29, 1.82) is 0 Å². The fraction of sp³-hybridized carbons (Fsp3) is 0.370. The van der Waals surface area contributed by atoms with Crippen LogP contribution in [0.4, 0.5) is 0 Å². The standard InChI is InChI=1S/C27H31N3O4S/c1-16(2)19-8-10-20(11-9-19)25-24(26(32)34-17(3)4)18(5)29-27-30(25)21(15-35-27)13-23(31)28-14-22-7-6-12-33-22/h6-12,15-17,25H,13-14H2,1-5H3,(H,28,31). The van der Waals surface area contributed by atoms with Crippen LogP contribution in [0.25, 0.3) is 0 Å². The van der Waals surface area contributed by atoms with Gasteiger partial charge < -0.3 is 19.4 Å². The number of rotatable bonds is 8. The molecule has 0 saturated carbocycles. The molecule has 0 spiro atoms. The number of hydrogen-bond acceptors (Lipinski definition) is 7. The molecule has 8 heteroatoms. The van der Waals surface area contributed by atoms with Crippen molar-refractivity contribution in [3.05, 3.63) is 81.9 Å². The van der Waals surface area contributed by atoms with E-state index in [1.807, 2.05) is 37.1 Å². The molecule has 0 radical (unpaired) electrons. The lowest BCUT2D eigenvalue weighted by Gasteiger charge is -2.36. The summed E-state index contributed by atoms with van der Waals surface area (Å²) in [5.41, 5.74) is 4.06. The number of amides is 1. The van der Waals surface area contributed by atoms with Gasteiger partial charge in [-0.25, -0.2) is 9.79 Å². The molecule has 7 nitrogen and oxygen atoms in total. The summed E-state index contributed by atoms with van der Waals surface area (Å²) in [6.07, 6.45) is 1.47. The average Bonchev–Trinajstić information content (AvgIpc) is 3.46. The molecule has 2 aromatic rings. The number of thioether (sulfide) groups is 1. The molecule has 4 rings (SSSR count). The molecule has 2 aliphatic rings. The zero-order valence-corrected chi connectivity index (χ0v) is 21.5. The minimum absolute atomic E-state index is 0.138. The Morgan fingerprint density at radius 2 is 1.91 bits per heavy atom. The van der Waals surface area contributed by atoms with Gasteiger partial charge in [0.1, 0.15) is 5.76 Å². The predicted molar refractivity (Wildman–Crippen MR) is 137 cm³/mol. The Hall–Kier alpha value is -3.26. The molecule has 3 heterocycles. The van der Waals surface area contributed by atoms with Gasteiger partial charge in [-0.05, 0) is 55.4 Å². The number of furan rings is 1. The van der Waals surface area contributed by atoms with E-state index in [0.717, 1.165) is 16.4 Å². The van der Waals surface area contributed by atoms with E-state index in [1.165, 1.54) is 17.3 Å². The minimum atomic E-state index is -0.436. The van der Waals surface area contributed by atoms with Gasteiger partial charge in [0.2, 0.25) is 5.91 Å². The molecular weight excluding hydrogens is 462 g/mol. The maximum absolute atomic E-state index is 13.2. The Bertz CT molecular complexity index is 1180. The Balaban J connectivity index is 1.64. The zero-order valence-electron chi connectivity index (χ0n) is 20.7. The molecule has 1 amide bonds. The van der Waals surface area contributed by atoms with Crippen molar-refractivity contribution in [3.8, 4) is 0 Å². The molecular formula is C27H31N3O4S. The van der Waals surface area contributed by atoms with Crippen molar-refractivity contribution in [1.82, 2.24) is 10.2 Å². The highest BCUT2D eigenvalue weighted by Crippen LogP contribution is 2.45. The third-order valence-corrected chi connectivity index (χ3v) is 6.75. The number of nitrogens with zero attached hydrogens (tertiary/aromatic N) is 2. The fourth-order valence-corrected chi connectivity index (χ4v) is 5.08. The van der Waals surface area contributed by atoms with E-state index in [2.05, 4.69) is 43.4 Å². The van der Waals surface area contributed by atoms with E-state index in [9.17, 15) is 9.59 Å². The molecule has 1 unspecified atom stereocenters. The summed E-state index contributed by atoms with van der Waals surface area (Å²) in [6, 6.07) is 11.5. The van der Waals surface area contributed by atoms with Crippen LogP contribution in [0, 0.1) is 0 Å². The summed E-state index contributed by atoms with van der Waals surface area (Å²) >= 11 is 1.46. The smallest absolute Gasteiger partial charge is 0.338 e. The molecule has 0 bridgehead atoms. The molecule has 0 aliphatic carbocycles. The van der Waals surface area contributed by atoms with Crippen LogP contribution in [-0.2, 0) is 20.9 Å². The maximum atomic E-state index is 13.2. The highest BCUT2D eigenvalue weighted by atomic mass is 32.2. The first-order valence-electron chi connectivity index (χ1n) is 11.8. The first-order valence-corrected chi connectivity index (χ1v) is 12.7. The summed E-state index contributed by atoms with van der Waals surface area (Å²) in [5.74, 6) is 0.553. The number of ether oxygens (including phenoxy) is 1. The van der Waals surface area contributed by atoms with E-state index >= 15 is 0 Å². The molecule has 184 valence electrons. The molecule has 35 heavy (non-hydrogen) atoms. The quantitative estimate of drug-likeness (QED) is 0.480. The number of aliphatic imine (C=N–C) groups is 1. The summed E-state index contributed by atoms with van der Waals surface area (Å²) < 4.78 is 10.9. The van der Waals surface area contributed by atoms with Crippen LogP contribution < -0.4 is 5.32 Å². The van der Waals surface area contributed by atoms with Gasteiger partial charge in [0.25, 0.3) is 0 Å². The summed E-state index contributed by atoms with van der Waals surface area (Å²) in [6.45, 7) is 10.1. The largest absolute Gasteiger partial charge is 0.467 e. The van der Waals surface area contributed by atoms with Crippen molar-refractivity contribution < 1.29 is 18.7 Å². The fourth-order valence-electron chi connectivity index (χ4n) is 4.11. The summed E-state index contributed by atoms with van der Waals surface area (Å²) in [4.78, 5) is 32.7. The molecule has 1 aromatic carbocycles. The predicted octanol–water partition coefficient (Wildman–Crippen LogP) is 5.64. The number of carbonyl (C=O) groups excluding carboxylic acids is 2. The van der Waals surface area contributed by atoms with Crippen molar-refractivity contribution in [2.24, 2.45) is 4.99 Å². The minimum Gasteiger partial charge on any atom is -0.467 e. The lowest BCUT2D eigenvalue weighted by Crippen LogP contribution is -2.38. The number of allylic oxidation sites excluding steroid dienone is 1. The lowest BCUT2D eigenvalue weighted by atomic mass is 9.92. The second-order valence-electron chi connectivity index (χ2n) is 9.20. The normalized spacial score (nSPS) is 17.5. The molecule has 0 saturated heterocycles. The first kappa shape index (κ1) is 24.9. The van der Waals surface area contributed by atoms with Crippen molar-refractivity contribution >= 4 is 28.8 Å². The Labute approximate surface area is 210 Å². The van der Waals surface area contributed by atoms with E-state index < -0.39 is 12.0 Å². The Morgan fingerprint density at radius 3 is 2.54 bits per heavy atom. The second kappa shape index (κ2) is 10.6. The van der Waals surface area contributed by atoms with E-state index in [0.29, 0.717) is 29.5 Å². The van der Waals surface area contributed by atoms with Crippen molar-refractivity contribution in [3.63, 3.8) is 0 Å². The number of hydrogen-bond donors (Lipinski definition) is 1. The van der Waals surface area contributed by atoms with Crippen LogP contribution in [0.5, 0.6) is 0 Å². The summed E-state index contributed by atoms with van der Waals surface area (Å²) in [5, 5.41) is 5.58. The molecule has 1 N–H and O–H groups in total. The van der Waals surface area contributed by atoms with E-state index in [1.54, 1.807) is 12.3 Å². The van der Waals surface area contributed by atoms with Crippen LogP contribution in [-0.4, -0.2) is 28.0 Å². The number of benzene rings is 1. The van der Waals surface area contributed by atoms with Crippen LogP contribution >= 0.6 is 11.8 Å². The van der Waals surface area contributed by atoms with Crippen LogP contribution in [0.15, 0.2) is 74.4 Å². The van der Waals surface area contributed by atoms with Gasteiger partial charge in [-0.1, -0.05) is 49.9 Å². The number of carbonyl (C=O) groups is 2. The number of amidine groups is 1. The monoisotopic (exact) mass is 493 g/mol. The van der Waals surface area contributed by atoms with Gasteiger partial charge in [0, 0.05) is 5.70 Å². The number of esters is 1. The van der Waals surface area contributed by atoms with Crippen molar-refractivity contribution in [2.45, 2.75) is 65.6 Å². The van der Waals surface area contributed by atoms with Gasteiger partial charge >= 0.3 is 5.97 Å². The average molecular weight is 494 g/mol. The van der Waals surface area contributed by atoms with Crippen LogP contribution in [0.1, 0.15) is 69.9 Å². The zero-order chi connectivity index (χ0) is 25.1. The highest BCUT2D eigenvalue weighted by Gasteiger charge is 2.41. The van der Waals surface area contributed by atoms with Crippen LogP contribution in [0.2, 0.25) is 0 Å². The molecule has 1 aromatic heterocycles.